The van der Waals surface area contributed by atoms with Crippen LogP contribution in [0.2, 0.25) is 0 Å². The summed E-state index contributed by atoms with van der Waals surface area (Å²) < 4.78 is 39.5. The minimum atomic E-state index is -4.52. The van der Waals surface area contributed by atoms with Crippen LogP contribution in [0.3, 0.4) is 0 Å². The zero-order valence-corrected chi connectivity index (χ0v) is 11.1. The van der Waals surface area contributed by atoms with Crippen LogP contribution in [-0.2, 0) is 19.0 Å². The predicted molar refractivity (Wildman–Crippen MR) is 67.3 cm³/mol. The third-order valence-corrected chi connectivity index (χ3v) is 2.78. The molecular formula is C12H14F3N5. The van der Waals surface area contributed by atoms with Crippen molar-refractivity contribution in [2.45, 2.75) is 32.9 Å². The number of nitrogens with zero attached hydrogens (tertiary/aromatic N) is 4. The zero-order chi connectivity index (χ0) is 14.9. The summed E-state index contributed by atoms with van der Waals surface area (Å²) in [5.41, 5.74) is 4.99. The molecule has 0 bridgehead atoms. The van der Waals surface area contributed by atoms with E-state index in [9.17, 15) is 13.2 Å². The number of nitrogen functional groups attached to an aromatic ring is 1. The summed E-state index contributed by atoms with van der Waals surface area (Å²) in [6.45, 7) is 3.72. The summed E-state index contributed by atoms with van der Waals surface area (Å²) in [4.78, 5) is 7.56. The van der Waals surface area contributed by atoms with Crippen molar-refractivity contribution in [3.63, 3.8) is 0 Å². The van der Waals surface area contributed by atoms with Gasteiger partial charge in [0, 0.05) is 12.8 Å². The minimum absolute atomic E-state index is 0.125. The van der Waals surface area contributed by atoms with Gasteiger partial charge in [0.05, 0.1) is 17.6 Å². The second kappa shape index (κ2) is 5.10. The molecule has 0 spiro atoms. The number of aromatic nitrogens is 4. The second-order valence-electron chi connectivity index (χ2n) is 4.19. The van der Waals surface area contributed by atoms with Crippen LogP contribution in [-0.4, -0.2) is 19.7 Å². The van der Waals surface area contributed by atoms with E-state index >= 15 is 0 Å². The summed E-state index contributed by atoms with van der Waals surface area (Å²) in [5.74, 6) is 1.12. The molecule has 0 aliphatic carbocycles. The summed E-state index contributed by atoms with van der Waals surface area (Å²) in [7, 11) is 0. The average molecular weight is 285 g/mol. The quantitative estimate of drug-likeness (QED) is 0.940. The van der Waals surface area contributed by atoms with Gasteiger partial charge in [0.25, 0.3) is 0 Å². The Balaban J connectivity index is 2.59. The number of nitrogens with two attached hydrogens (primary N) is 1. The monoisotopic (exact) mass is 285 g/mol. The molecule has 0 fully saturated rings. The highest BCUT2D eigenvalue weighted by Gasteiger charge is 2.33. The first-order valence-electron chi connectivity index (χ1n) is 6.14. The molecule has 8 heteroatoms. The first-order valence-corrected chi connectivity index (χ1v) is 6.14. The Bertz CT molecular complexity index is 618. The predicted octanol–water partition coefficient (Wildman–Crippen LogP) is 2.39. The van der Waals surface area contributed by atoms with E-state index in [4.69, 9.17) is 5.73 Å². The molecule has 0 aromatic carbocycles. The molecule has 0 aliphatic rings. The SMILES string of the molecule is CCc1nc(CC)n(-c2cc(C(F)(F)F)ncc2N)n1. The van der Waals surface area contributed by atoms with Crippen LogP contribution in [0.5, 0.6) is 0 Å². The smallest absolute Gasteiger partial charge is 0.396 e. The Morgan fingerprint density at radius 1 is 1.25 bits per heavy atom. The van der Waals surface area contributed by atoms with Gasteiger partial charge in [-0.05, 0) is 6.07 Å². The largest absolute Gasteiger partial charge is 0.433 e. The number of hydrogen-bond acceptors (Lipinski definition) is 4. The number of halogens is 3. The van der Waals surface area contributed by atoms with E-state index < -0.39 is 11.9 Å². The van der Waals surface area contributed by atoms with Crippen LogP contribution in [0.4, 0.5) is 18.9 Å². The lowest BCUT2D eigenvalue weighted by Crippen LogP contribution is -2.12. The average Bonchev–Trinajstić information content (AvgIpc) is 2.81. The molecule has 2 aromatic heterocycles. The van der Waals surface area contributed by atoms with Crippen molar-refractivity contribution in [2.75, 3.05) is 5.73 Å². The van der Waals surface area contributed by atoms with E-state index in [1.807, 2.05) is 13.8 Å². The number of rotatable bonds is 3. The van der Waals surface area contributed by atoms with Crippen molar-refractivity contribution in [1.29, 1.82) is 0 Å². The first kappa shape index (κ1) is 14.3. The Morgan fingerprint density at radius 3 is 2.50 bits per heavy atom. The van der Waals surface area contributed by atoms with Crippen LogP contribution < -0.4 is 5.73 Å². The van der Waals surface area contributed by atoms with Gasteiger partial charge in [-0.1, -0.05) is 13.8 Å². The van der Waals surface area contributed by atoms with E-state index in [1.54, 1.807) is 0 Å². The molecule has 20 heavy (non-hydrogen) atoms. The molecule has 0 saturated carbocycles. The Labute approximate surface area is 113 Å². The van der Waals surface area contributed by atoms with Crippen LogP contribution in [0.25, 0.3) is 5.69 Å². The molecule has 0 unspecified atom stereocenters. The molecular weight excluding hydrogens is 271 g/mol. The van der Waals surface area contributed by atoms with Gasteiger partial charge in [-0.3, -0.25) is 0 Å². The van der Waals surface area contributed by atoms with Crippen molar-refractivity contribution >= 4 is 5.69 Å². The maximum Gasteiger partial charge on any atom is 0.433 e. The standard InChI is InChI=1S/C12H14F3N5/c1-3-10-18-11(4-2)20(19-10)8-5-9(12(13,14)15)17-6-7(8)16/h5-6H,3-4,16H2,1-2H3. The molecule has 2 aromatic rings. The zero-order valence-electron chi connectivity index (χ0n) is 11.1. The highest BCUT2D eigenvalue weighted by Crippen LogP contribution is 2.30. The Hall–Kier alpha value is -2.12. The van der Waals surface area contributed by atoms with E-state index in [0.29, 0.717) is 24.5 Å². The summed E-state index contributed by atoms with van der Waals surface area (Å²) in [6, 6.07) is 0.891. The topological polar surface area (TPSA) is 69.6 Å². The van der Waals surface area contributed by atoms with Crippen LogP contribution in [0.1, 0.15) is 31.2 Å². The molecule has 2 N–H and O–H groups in total. The number of alkyl halides is 3. The highest BCUT2D eigenvalue weighted by atomic mass is 19.4. The fourth-order valence-corrected chi connectivity index (χ4v) is 1.76. The van der Waals surface area contributed by atoms with Gasteiger partial charge >= 0.3 is 6.18 Å². The minimum Gasteiger partial charge on any atom is -0.396 e. The van der Waals surface area contributed by atoms with Crippen LogP contribution in [0.15, 0.2) is 12.3 Å². The molecule has 108 valence electrons. The van der Waals surface area contributed by atoms with Gasteiger partial charge in [-0.15, -0.1) is 0 Å². The lowest BCUT2D eigenvalue weighted by atomic mass is 10.2. The van der Waals surface area contributed by atoms with E-state index in [-0.39, 0.29) is 11.4 Å². The van der Waals surface area contributed by atoms with Gasteiger partial charge in [0.2, 0.25) is 0 Å². The van der Waals surface area contributed by atoms with E-state index in [0.717, 1.165) is 12.3 Å². The van der Waals surface area contributed by atoms with Crippen molar-refractivity contribution in [2.24, 2.45) is 0 Å². The molecule has 0 saturated heterocycles. The molecule has 0 radical (unpaired) electrons. The maximum atomic E-state index is 12.7. The third-order valence-electron chi connectivity index (χ3n) is 2.78. The van der Waals surface area contributed by atoms with Gasteiger partial charge in [0.1, 0.15) is 11.5 Å². The van der Waals surface area contributed by atoms with Crippen molar-refractivity contribution < 1.29 is 13.2 Å². The molecule has 0 aliphatic heterocycles. The van der Waals surface area contributed by atoms with Gasteiger partial charge < -0.3 is 5.73 Å². The van der Waals surface area contributed by atoms with Gasteiger partial charge in [-0.25, -0.2) is 14.6 Å². The molecule has 5 nitrogen and oxygen atoms in total. The maximum absolute atomic E-state index is 12.7. The lowest BCUT2D eigenvalue weighted by molar-refractivity contribution is -0.141. The summed E-state index contributed by atoms with van der Waals surface area (Å²) in [5, 5.41) is 4.18. The number of hydrogen-bond donors (Lipinski definition) is 1. The molecule has 2 heterocycles. The van der Waals surface area contributed by atoms with Gasteiger partial charge in [0.15, 0.2) is 5.82 Å². The van der Waals surface area contributed by atoms with Crippen molar-refractivity contribution in [3.05, 3.63) is 29.6 Å². The highest BCUT2D eigenvalue weighted by molar-refractivity contribution is 5.57. The normalized spacial score (nSPS) is 11.8. The van der Waals surface area contributed by atoms with E-state index in [2.05, 4.69) is 15.1 Å². The second-order valence-corrected chi connectivity index (χ2v) is 4.19. The molecule has 0 amide bonds. The van der Waals surface area contributed by atoms with E-state index in [1.165, 1.54) is 4.68 Å². The fourth-order valence-electron chi connectivity index (χ4n) is 1.76. The number of pyridine rings is 1. The van der Waals surface area contributed by atoms with Crippen molar-refractivity contribution in [3.8, 4) is 5.69 Å². The third kappa shape index (κ3) is 2.59. The van der Waals surface area contributed by atoms with Gasteiger partial charge in [-0.2, -0.15) is 18.3 Å². The molecule has 0 atom stereocenters. The Kier molecular flexibility index (Phi) is 3.65. The fraction of sp³-hybridized carbons (Fsp3) is 0.417. The molecule has 2 rings (SSSR count). The number of aryl methyl sites for hydroxylation is 2. The van der Waals surface area contributed by atoms with Crippen LogP contribution >= 0.6 is 0 Å². The number of anilines is 1. The van der Waals surface area contributed by atoms with Crippen LogP contribution in [0, 0.1) is 0 Å². The Morgan fingerprint density at radius 2 is 1.95 bits per heavy atom. The lowest BCUT2D eigenvalue weighted by Gasteiger charge is -2.11. The summed E-state index contributed by atoms with van der Waals surface area (Å²) >= 11 is 0. The summed E-state index contributed by atoms with van der Waals surface area (Å²) in [6.07, 6.45) is -2.40. The first-order chi connectivity index (χ1) is 9.36. The van der Waals surface area contributed by atoms with Crippen molar-refractivity contribution in [1.82, 2.24) is 19.7 Å².